The lowest BCUT2D eigenvalue weighted by Crippen LogP contribution is -2.17. The minimum atomic E-state index is -0.383. The molecule has 0 aliphatic heterocycles. The van der Waals surface area contributed by atoms with Crippen molar-refractivity contribution >= 4 is 17.3 Å². The van der Waals surface area contributed by atoms with Gasteiger partial charge in [0.15, 0.2) is 0 Å². The summed E-state index contributed by atoms with van der Waals surface area (Å²) in [5, 5.41) is 1.76. The van der Waals surface area contributed by atoms with Crippen LogP contribution in [0.15, 0.2) is 34.4 Å². The van der Waals surface area contributed by atoms with Crippen molar-refractivity contribution in [1.29, 1.82) is 0 Å². The summed E-state index contributed by atoms with van der Waals surface area (Å²) in [5.74, 6) is -0.709. The van der Waals surface area contributed by atoms with E-state index in [2.05, 4.69) is 0 Å². The summed E-state index contributed by atoms with van der Waals surface area (Å²) in [5.41, 5.74) is 1.56. The van der Waals surface area contributed by atoms with Crippen LogP contribution in [0.1, 0.15) is 17.7 Å². The molecule has 0 amide bonds. The second kappa shape index (κ2) is 6.47. The number of benzene rings is 1. The minimum absolute atomic E-state index is 0.0752. The second-order valence-electron chi connectivity index (χ2n) is 4.33. The molecule has 0 radical (unpaired) electrons. The lowest BCUT2D eigenvalue weighted by molar-refractivity contribution is -0.145. The maximum atomic E-state index is 12.7. The minimum Gasteiger partial charge on any atom is -0.461 e. The molecule has 4 nitrogen and oxygen atoms in total. The summed E-state index contributed by atoms with van der Waals surface area (Å²) in [6, 6.07) is 5.77. The molecular weight excluding hydrogens is 281 g/mol. The maximum Gasteiger partial charge on any atom is 0.307 e. The Balaban J connectivity index is 1.81. The van der Waals surface area contributed by atoms with Crippen molar-refractivity contribution in [3.63, 3.8) is 0 Å². The summed E-state index contributed by atoms with van der Waals surface area (Å²) < 4.78 is 19.3. The van der Waals surface area contributed by atoms with Crippen LogP contribution in [0.5, 0.6) is 0 Å². The van der Waals surface area contributed by atoms with Crippen molar-refractivity contribution in [2.45, 2.75) is 26.5 Å². The summed E-state index contributed by atoms with van der Waals surface area (Å²) in [4.78, 5) is 23.0. The zero-order valence-corrected chi connectivity index (χ0v) is 11.8. The number of aromatic nitrogens is 1. The zero-order chi connectivity index (χ0) is 14.5. The Bertz CT molecular complexity index is 645. The molecule has 0 bridgehead atoms. The number of carbonyl (C=O) groups excluding carboxylic acids is 1. The summed E-state index contributed by atoms with van der Waals surface area (Å²) in [6.45, 7) is 2.24. The first-order chi connectivity index (χ1) is 9.56. The van der Waals surface area contributed by atoms with E-state index in [1.807, 2.05) is 6.92 Å². The van der Waals surface area contributed by atoms with Gasteiger partial charge < -0.3 is 9.30 Å². The molecule has 6 heteroatoms. The Morgan fingerprint density at radius 2 is 2.05 bits per heavy atom. The number of ether oxygens (including phenoxy) is 1. The number of hydrogen-bond donors (Lipinski definition) is 0. The van der Waals surface area contributed by atoms with E-state index in [0.717, 1.165) is 22.6 Å². The summed E-state index contributed by atoms with van der Waals surface area (Å²) in [7, 11) is 0. The molecule has 1 heterocycles. The van der Waals surface area contributed by atoms with E-state index in [9.17, 15) is 14.0 Å². The fourth-order valence-electron chi connectivity index (χ4n) is 1.69. The molecule has 2 aromatic rings. The average Bonchev–Trinajstić information content (AvgIpc) is 2.75. The number of halogens is 1. The molecule has 1 aromatic heterocycles. The quantitative estimate of drug-likeness (QED) is 0.796. The molecule has 0 unspecified atom stereocenters. The van der Waals surface area contributed by atoms with Gasteiger partial charge >= 0.3 is 10.8 Å². The van der Waals surface area contributed by atoms with Crippen LogP contribution in [-0.4, -0.2) is 10.5 Å². The number of nitrogens with zero attached hydrogens (tertiary/aromatic N) is 1. The lowest BCUT2D eigenvalue weighted by atomic mass is 10.2. The molecule has 0 spiro atoms. The van der Waals surface area contributed by atoms with Gasteiger partial charge in [0, 0.05) is 17.6 Å². The lowest BCUT2D eigenvalue weighted by Gasteiger charge is -2.06. The molecule has 0 saturated heterocycles. The van der Waals surface area contributed by atoms with Crippen LogP contribution >= 0.6 is 11.3 Å². The van der Waals surface area contributed by atoms with Crippen LogP contribution in [0.3, 0.4) is 0 Å². The van der Waals surface area contributed by atoms with Gasteiger partial charge in [0.05, 0.1) is 6.42 Å². The predicted molar refractivity (Wildman–Crippen MR) is 74.1 cm³/mol. The van der Waals surface area contributed by atoms with Gasteiger partial charge in [-0.2, -0.15) is 0 Å². The fraction of sp³-hybridized carbons (Fsp3) is 0.286. The van der Waals surface area contributed by atoms with Gasteiger partial charge in [0.25, 0.3) is 0 Å². The molecule has 0 aliphatic carbocycles. The number of thiazole rings is 1. The van der Waals surface area contributed by atoms with Crippen LogP contribution < -0.4 is 4.87 Å². The highest BCUT2D eigenvalue weighted by Crippen LogP contribution is 2.06. The Labute approximate surface area is 119 Å². The molecule has 0 atom stereocenters. The molecule has 20 heavy (non-hydrogen) atoms. The normalized spacial score (nSPS) is 10.5. The van der Waals surface area contributed by atoms with Gasteiger partial charge in [0.2, 0.25) is 0 Å². The Morgan fingerprint density at radius 3 is 2.65 bits per heavy atom. The van der Waals surface area contributed by atoms with E-state index in [0.29, 0.717) is 6.54 Å². The average molecular weight is 295 g/mol. The van der Waals surface area contributed by atoms with Gasteiger partial charge in [-0.05, 0) is 24.6 Å². The van der Waals surface area contributed by atoms with Crippen molar-refractivity contribution in [3.05, 3.63) is 56.4 Å². The van der Waals surface area contributed by atoms with Gasteiger partial charge in [0.1, 0.15) is 12.4 Å². The van der Waals surface area contributed by atoms with Crippen LogP contribution in [-0.2, 0) is 22.7 Å². The monoisotopic (exact) mass is 295 g/mol. The van der Waals surface area contributed by atoms with E-state index in [1.165, 1.54) is 12.1 Å². The Hall–Kier alpha value is -1.95. The van der Waals surface area contributed by atoms with Crippen molar-refractivity contribution in [2.24, 2.45) is 0 Å². The number of aryl methyl sites for hydroxylation is 1. The van der Waals surface area contributed by atoms with Crippen molar-refractivity contribution < 1.29 is 13.9 Å². The SMILES string of the molecule is Cc1csc(=O)n1CCC(=O)OCc1ccc(F)cc1. The largest absolute Gasteiger partial charge is 0.461 e. The van der Waals surface area contributed by atoms with E-state index in [1.54, 1.807) is 22.1 Å². The maximum absolute atomic E-state index is 12.7. The zero-order valence-electron chi connectivity index (χ0n) is 11.0. The van der Waals surface area contributed by atoms with Gasteiger partial charge in [-0.25, -0.2) is 4.39 Å². The van der Waals surface area contributed by atoms with Crippen molar-refractivity contribution in [2.75, 3.05) is 0 Å². The smallest absolute Gasteiger partial charge is 0.307 e. The first-order valence-electron chi connectivity index (χ1n) is 6.11. The number of esters is 1. The van der Waals surface area contributed by atoms with Gasteiger partial charge in [-0.15, -0.1) is 0 Å². The van der Waals surface area contributed by atoms with E-state index in [4.69, 9.17) is 4.74 Å². The molecule has 2 rings (SSSR count). The van der Waals surface area contributed by atoms with Gasteiger partial charge in [-0.3, -0.25) is 9.59 Å². The van der Waals surface area contributed by atoms with Crippen LogP contribution in [0.25, 0.3) is 0 Å². The van der Waals surface area contributed by atoms with E-state index in [-0.39, 0.29) is 29.7 Å². The topological polar surface area (TPSA) is 48.3 Å². The van der Waals surface area contributed by atoms with E-state index < -0.39 is 0 Å². The molecule has 1 aromatic carbocycles. The van der Waals surface area contributed by atoms with Crippen LogP contribution in [0.4, 0.5) is 4.39 Å². The number of rotatable bonds is 5. The predicted octanol–water partition coefficient (Wildman–Crippen LogP) is 2.49. The molecule has 0 saturated carbocycles. The number of hydrogen-bond acceptors (Lipinski definition) is 4. The number of carbonyl (C=O) groups is 1. The fourth-order valence-corrected chi connectivity index (χ4v) is 2.46. The highest BCUT2D eigenvalue weighted by molar-refractivity contribution is 7.07. The summed E-state index contributed by atoms with van der Waals surface area (Å²) >= 11 is 1.11. The van der Waals surface area contributed by atoms with E-state index >= 15 is 0 Å². The second-order valence-corrected chi connectivity index (χ2v) is 5.15. The highest BCUT2D eigenvalue weighted by atomic mass is 32.1. The molecular formula is C14H14FNO3S. The molecule has 0 aliphatic rings. The Morgan fingerprint density at radius 1 is 1.35 bits per heavy atom. The standard InChI is InChI=1S/C14H14FNO3S/c1-10-9-20-14(18)16(10)7-6-13(17)19-8-11-2-4-12(15)5-3-11/h2-5,9H,6-8H2,1H3. The third-order valence-corrected chi connectivity index (χ3v) is 3.71. The van der Waals surface area contributed by atoms with Crippen LogP contribution in [0.2, 0.25) is 0 Å². The molecule has 0 fully saturated rings. The third-order valence-electron chi connectivity index (χ3n) is 2.83. The molecule has 0 N–H and O–H groups in total. The summed E-state index contributed by atoms with van der Waals surface area (Å²) in [6.07, 6.45) is 0.138. The Kier molecular flexibility index (Phi) is 4.68. The van der Waals surface area contributed by atoms with Gasteiger partial charge in [-0.1, -0.05) is 23.5 Å². The highest BCUT2D eigenvalue weighted by Gasteiger charge is 2.07. The third kappa shape index (κ3) is 3.77. The van der Waals surface area contributed by atoms with Crippen molar-refractivity contribution in [3.8, 4) is 0 Å². The van der Waals surface area contributed by atoms with Crippen molar-refractivity contribution in [1.82, 2.24) is 4.57 Å². The molecule has 106 valence electrons. The van der Waals surface area contributed by atoms with Crippen LogP contribution in [0, 0.1) is 12.7 Å². The first kappa shape index (κ1) is 14.5. The first-order valence-corrected chi connectivity index (χ1v) is 6.99.